The predicted molar refractivity (Wildman–Crippen MR) is 53.7 cm³/mol. The minimum Gasteiger partial charge on any atom is -0.466 e. The van der Waals surface area contributed by atoms with Crippen LogP contribution in [-0.4, -0.2) is 35.9 Å². The van der Waals surface area contributed by atoms with E-state index in [0.717, 1.165) is 0 Å². The molecule has 5 heteroatoms. The highest BCUT2D eigenvalue weighted by Crippen LogP contribution is 2.60. The zero-order chi connectivity index (χ0) is 11.3. The number of epoxide rings is 1. The molecule has 4 nitrogen and oxygen atoms in total. The molecule has 0 radical (unpaired) electrons. The van der Waals surface area contributed by atoms with Crippen LogP contribution in [0, 0.1) is 0 Å². The first kappa shape index (κ1) is 11.2. The number of carbonyl (C=O) groups excluding carboxylic acids is 1. The van der Waals surface area contributed by atoms with Crippen LogP contribution < -0.4 is 0 Å². The third-order valence-electron chi connectivity index (χ3n) is 3.04. The molecule has 2 fully saturated rings. The van der Waals surface area contributed by atoms with Gasteiger partial charge in [-0.05, 0) is 13.8 Å². The molecule has 0 aromatic carbocycles. The minimum absolute atomic E-state index is 0.303. The van der Waals surface area contributed by atoms with Crippen molar-refractivity contribution in [2.24, 2.45) is 0 Å². The van der Waals surface area contributed by atoms with Crippen molar-refractivity contribution >= 4 is 17.6 Å². The molecule has 1 spiro atoms. The number of halogens is 1. The topological polar surface area (TPSA) is 48.1 Å². The average Bonchev–Trinajstić information content (AvgIpc) is 2.68. The van der Waals surface area contributed by atoms with Crippen LogP contribution in [0.4, 0.5) is 0 Å². The van der Waals surface area contributed by atoms with Gasteiger partial charge in [0.2, 0.25) is 0 Å². The van der Waals surface area contributed by atoms with E-state index in [1.54, 1.807) is 0 Å². The highest BCUT2D eigenvalue weighted by atomic mass is 35.5. The Kier molecular flexibility index (Phi) is 2.30. The summed E-state index contributed by atoms with van der Waals surface area (Å²) in [4.78, 5) is 11.5. The van der Waals surface area contributed by atoms with Gasteiger partial charge in [0.15, 0.2) is 0 Å². The van der Waals surface area contributed by atoms with Gasteiger partial charge in [0.25, 0.3) is 5.06 Å². The Hall–Kier alpha value is -0.320. The van der Waals surface area contributed by atoms with Crippen molar-refractivity contribution in [2.45, 2.75) is 43.0 Å². The van der Waals surface area contributed by atoms with Gasteiger partial charge >= 0.3 is 5.97 Å². The van der Waals surface area contributed by atoms with Gasteiger partial charge in [0.1, 0.15) is 5.60 Å². The molecule has 0 bridgehead atoms. The Labute approximate surface area is 93.8 Å². The maximum absolute atomic E-state index is 11.5. The fourth-order valence-corrected chi connectivity index (χ4v) is 2.67. The Bertz CT molecular complexity index is 304. The SMILES string of the molecule is COC(=O)C1(Cl)OC12CCOC(C)(C)C2. The summed E-state index contributed by atoms with van der Waals surface area (Å²) in [5.41, 5.74) is -0.897. The lowest BCUT2D eigenvalue weighted by atomic mass is 9.85. The smallest absolute Gasteiger partial charge is 0.357 e. The summed E-state index contributed by atoms with van der Waals surface area (Å²) >= 11 is 6.11. The van der Waals surface area contributed by atoms with Gasteiger partial charge in [-0.25, -0.2) is 4.79 Å². The van der Waals surface area contributed by atoms with Crippen LogP contribution in [0.5, 0.6) is 0 Å². The fourth-order valence-electron chi connectivity index (χ4n) is 2.28. The van der Waals surface area contributed by atoms with Crippen LogP contribution in [0.25, 0.3) is 0 Å². The molecular formula is C10H15ClO4. The molecule has 2 aliphatic rings. The van der Waals surface area contributed by atoms with Crippen LogP contribution in [-0.2, 0) is 19.0 Å². The van der Waals surface area contributed by atoms with Gasteiger partial charge in [0, 0.05) is 12.8 Å². The van der Waals surface area contributed by atoms with E-state index in [1.807, 2.05) is 13.8 Å². The lowest BCUT2D eigenvalue weighted by molar-refractivity contribution is -0.143. The molecule has 86 valence electrons. The third kappa shape index (κ3) is 1.55. The zero-order valence-corrected chi connectivity index (χ0v) is 9.89. The molecule has 0 aromatic rings. The molecule has 2 unspecified atom stereocenters. The van der Waals surface area contributed by atoms with Crippen molar-refractivity contribution in [1.82, 2.24) is 0 Å². The normalized spacial score (nSPS) is 42.7. The van der Waals surface area contributed by atoms with Crippen molar-refractivity contribution in [3.05, 3.63) is 0 Å². The Morgan fingerprint density at radius 3 is 2.67 bits per heavy atom. The maximum atomic E-state index is 11.5. The third-order valence-corrected chi connectivity index (χ3v) is 3.61. The zero-order valence-electron chi connectivity index (χ0n) is 9.13. The average molecular weight is 235 g/mol. The number of alkyl halides is 1. The first-order chi connectivity index (χ1) is 6.85. The highest BCUT2D eigenvalue weighted by Gasteiger charge is 2.76. The minimum atomic E-state index is -1.29. The molecule has 0 aromatic heterocycles. The molecule has 2 heterocycles. The van der Waals surface area contributed by atoms with Crippen LogP contribution >= 0.6 is 11.6 Å². The number of hydrogen-bond acceptors (Lipinski definition) is 4. The van der Waals surface area contributed by atoms with Crippen molar-refractivity contribution in [1.29, 1.82) is 0 Å². The predicted octanol–water partition coefficient (Wildman–Crippen LogP) is 1.45. The Balaban J connectivity index is 2.15. The van der Waals surface area contributed by atoms with Gasteiger partial charge in [-0.3, -0.25) is 0 Å². The summed E-state index contributed by atoms with van der Waals surface area (Å²) in [5, 5.41) is -1.29. The van der Waals surface area contributed by atoms with E-state index in [2.05, 4.69) is 4.74 Å². The van der Waals surface area contributed by atoms with Crippen LogP contribution in [0.1, 0.15) is 26.7 Å². The van der Waals surface area contributed by atoms with Crippen LogP contribution in [0.15, 0.2) is 0 Å². The summed E-state index contributed by atoms with van der Waals surface area (Å²) in [7, 11) is 1.31. The van der Waals surface area contributed by atoms with Crippen molar-refractivity contribution in [3.63, 3.8) is 0 Å². The molecule has 2 atom stereocenters. The fraction of sp³-hybridized carbons (Fsp3) is 0.900. The van der Waals surface area contributed by atoms with E-state index < -0.39 is 16.6 Å². The Morgan fingerprint density at radius 1 is 1.47 bits per heavy atom. The second-order valence-corrected chi connectivity index (χ2v) is 5.25. The Morgan fingerprint density at radius 2 is 2.13 bits per heavy atom. The van der Waals surface area contributed by atoms with Crippen LogP contribution in [0.2, 0.25) is 0 Å². The van der Waals surface area contributed by atoms with Crippen LogP contribution in [0.3, 0.4) is 0 Å². The van der Waals surface area contributed by atoms with Crippen molar-refractivity contribution in [3.8, 4) is 0 Å². The van der Waals surface area contributed by atoms with Gasteiger partial charge in [-0.15, -0.1) is 0 Å². The lowest BCUT2D eigenvalue weighted by Crippen LogP contribution is -2.43. The van der Waals surface area contributed by atoms with Crippen molar-refractivity contribution < 1.29 is 19.0 Å². The van der Waals surface area contributed by atoms with E-state index >= 15 is 0 Å². The quantitative estimate of drug-likeness (QED) is 0.392. The van der Waals surface area contributed by atoms with Gasteiger partial charge < -0.3 is 14.2 Å². The van der Waals surface area contributed by atoms with E-state index in [0.29, 0.717) is 19.4 Å². The molecule has 15 heavy (non-hydrogen) atoms. The van der Waals surface area contributed by atoms with Gasteiger partial charge in [-0.1, -0.05) is 11.6 Å². The van der Waals surface area contributed by atoms with E-state index in [4.69, 9.17) is 21.1 Å². The molecule has 2 saturated heterocycles. The number of rotatable bonds is 1. The number of methoxy groups -OCH3 is 1. The molecule has 2 aliphatic heterocycles. The van der Waals surface area contributed by atoms with Crippen molar-refractivity contribution in [2.75, 3.05) is 13.7 Å². The number of ether oxygens (including phenoxy) is 3. The molecule has 0 saturated carbocycles. The number of hydrogen-bond donors (Lipinski definition) is 0. The summed E-state index contributed by atoms with van der Waals surface area (Å²) < 4.78 is 15.6. The molecule has 0 N–H and O–H groups in total. The molecular weight excluding hydrogens is 220 g/mol. The molecule has 0 amide bonds. The van der Waals surface area contributed by atoms with E-state index in [1.165, 1.54) is 7.11 Å². The first-order valence-corrected chi connectivity index (χ1v) is 5.35. The second kappa shape index (κ2) is 3.09. The summed E-state index contributed by atoms with van der Waals surface area (Å²) in [6.45, 7) is 4.48. The summed E-state index contributed by atoms with van der Waals surface area (Å²) in [6.07, 6.45) is 1.24. The maximum Gasteiger partial charge on any atom is 0.357 e. The number of esters is 1. The van der Waals surface area contributed by atoms with Gasteiger partial charge in [0.05, 0.1) is 19.3 Å². The first-order valence-electron chi connectivity index (χ1n) is 4.97. The van der Waals surface area contributed by atoms with E-state index in [-0.39, 0.29) is 5.60 Å². The lowest BCUT2D eigenvalue weighted by Gasteiger charge is -2.34. The molecule has 0 aliphatic carbocycles. The summed E-state index contributed by atoms with van der Waals surface area (Å²) in [5.74, 6) is -0.512. The second-order valence-electron chi connectivity index (χ2n) is 4.72. The monoisotopic (exact) mass is 234 g/mol. The highest BCUT2D eigenvalue weighted by molar-refractivity contribution is 6.36. The van der Waals surface area contributed by atoms with E-state index in [9.17, 15) is 4.79 Å². The summed E-state index contributed by atoms with van der Waals surface area (Å²) in [6, 6.07) is 0. The van der Waals surface area contributed by atoms with Gasteiger partial charge in [-0.2, -0.15) is 0 Å². The largest absolute Gasteiger partial charge is 0.466 e. The molecule has 2 rings (SSSR count). The number of carbonyl (C=O) groups is 1. The standard InChI is InChI=1S/C10H15ClO4/c1-8(2)6-9(4-5-14-8)10(11,15-9)7(12)13-3/h4-6H2,1-3H3.